The molecule has 11 heteroatoms. The van der Waals surface area contributed by atoms with Gasteiger partial charge in [-0.2, -0.15) is 34.8 Å². The van der Waals surface area contributed by atoms with Gasteiger partial charge in [0.05, 0.1) is 0 Å². The molecule has 1 heterocycles. The van der Waals surface area contributed by atoms with E-state index in [1.165, 1.54) is 0 Å². The highest BCUT2D eigenvalue weighted by Gasteiger charge is 2.75. The monoisotopic (exact) mass is 325 g/mol. The average molecular weight is 325 g/mol. The second-order valence-electron chi connectivity index (χ2n) is 3.48. The third-order valence-corrected chi connectivity index (χ3v) is 2.71. The number of nitrogens with zero attached hydrogens (tertiary/aromatic N) is 1. The summed E-state index contributed by atoms with van der Waals surface area (Å²) in [7, 11) is -6.61. The summed E-state index contributed by atoms with van der Waals surface area (Å²) in [4.78, 5) is 3.78. The van der Waals surface area contributed by atoms with Gasteiger partial charge >= 0.3 is 27.2 Å². The second-order valence-corrected chi connectivity index (χ2v) is 4.94. The molecule has 20 heavy (non-hydrogen) atoms. The fourth-order valence-corrected chi connectivity index (χ4v) is 1.23. The summed E-state index contributed by atoms with van der Waals surface area (Å²) in [6, 6.07) is 5.72. The molecule has 0 bridgehead atoms. The number of pyridine rings is 1. The van der Waals surface area contributed by atoms with Crippen molar-refractivity contribution >= 4 is 10.1 Å². The zero-order valence-electron chi connectivity index (χ0n) is 9.77. The van der Waals surface area contributed by atoms with Crippen LogP contribution in [0.4, 0.5) is 26.3 Å². The highest BCUT2D eigenvalue weighted by molar-refractivity contribution is 7.87. The number of hydrogen-bond acceptors (Lipinski definition) is 3. The topological polar surface area (TPSA) is 67.3 Å². The van der Waals surface area contributed by atoms with Gasteiger partial charge in [0, 0.05) is 19.3 Å². The van der Waals surface area contributed by atoms with Gasteiger partial charge in [-0.3, -0.25) is 9.54 Å². The van der Waals surface area contributed by atoms with E-state index in [2.05, 4.69) is 4.98 Å². The van der Waals surface area contributed by atoms with E-state index in [-0.39, 0.29) is 0 Å². The molecule has 1 aromatic heterocycles. The van der Waals surface area contributed by atoms with Gasteiger partial charge in [0.15, 0.2) is 0 Å². The number of aromatic nitrogens is 1. The summed E-state index contributed by atoms with van der Waals surface area (Å²) in [5.74, 6) is -11.5. The molecule has 0 unspecified atom stereocenters. The minimum Gasteiger partial charge on any atom is -0.281 e. The Morgan fingerprint density at radius 3 is 1.45 bits per heavy atom. The summed E-state index contributed by atoms with van der Waals surface area (Å²) in [6.45, 7) is -0.591. The van der Waals surface area contributed by atoms with E-state index in [1.54, 1.807) is 12.4 Å². The minimum absolute atomic E-state index is 0.591. The van der Waals surface area contributed by atoms with Gasteiger partial charge in [-0.15, -0.1) is 0 Å². The molecule has 0 aliphatic carbocycles. The van der Waals surface area contributed by atoms with Crippen LogP contribution in [0, 0.1) is 0 Å². The molecule has 0 amide bonds. The van der Waals surface area contributed by atoms with Crippen LogP contribution in [-0.4, -0.2) is 35.1 Å². The highest BCUT2D eigenvalue weighted by Crippen LogP contribution is 2.47. The van der Waals surface area contributed by atoms with Gasteiger partial charge in [0.2, 0.25) is 0 Å². The lowest BCUT2D eigenvalue weighted by Crippen LogP contribution is -2.56. The van der Waals surface area contributed by atoms with Crippen molar-refractivity contribution in [3.05, 3.63) is 30.6 Å². The Bertz CT molecular complexity index is 488. The summed E-state index contributed by atoms with van der Waals surface area (Å²) < 4.78 is 99.6. The zero-order valence-corrected chi connectivity index (χ0v) is 10.6. The quantitative estimate of drug-likeness (QED) is 0.685. The summed E-state index contributed by atoms with van der Waals surface area (Å²) in [6.07, 6.45) is 3.50. The molecule has 1 rings (SSSR count). The SMILES string of the molecule is CC(F)(F)C(F)(F)C(F)(F)S(=O)(=O)O.c1ccncc1. The van der Waals surface area contributed by atoms with Gasteiger partial charge < -0.3 is 0 Å². The van der Waals surface area contributed by atoms with E-state index in [4.69, 9.17) is 4.55 Å². The predicted octanol–water partition coefficient (Wildman–Crippen LogP) is 2.84. The largest absolute Gasteiger partial charge is 0.437 e. The van der Waals surface area contributed by atoms with E-state index < -0.39 is 34.1 Å². The van der Waals surface area contributed by atoms with E-state index in [0.29, 0.717) is 0 Å². The molecule has 0 radical (unpaired) electrons. The maximum absolute atomic E-state index is 12.2. The first-order valence-electron chi connectivity index (χ1n) is 4.70. The van der Waals surface area contributed by atoms with Crippen molar-refractivity contribution in [1.29, 1.82) is 0 Å². The molecular weight excluding hydrogens is 316 g/mol. The first kappa shape index (κ1) is 18.6. The Hall–Kier alpha value is -1.36. The molecule has 116 valence electrons. The van der Waals surface area contributed by atoms with Crippen LogP contribution in [0.2, 0.25) is 0 Å². The van der Waals surface area contributed by atoms with Crippen LogP contribution in [0.25, 0.3) is 0 Å². The summed E-state index contributed by atoms with van der Waals surface area (Å²) >= 11 is 0. The van der Waals surface area contributed by atoms with Gasteiger partial charge in [0.1, 0.15) is 0 Å². The predicted molar refractivity (Wildman–Crippen MR) is 56.3 cm³/mol. The fraction of sp³-hybridized carbons (Fsp3) is 0.444. The Morgan fingerprint density at radius 2 is 1.35 bits per heavy atom. The van der Waals surface area contributed by atoms with Crippen molar-refractivity contribution < 1.29 is 39.3 Å². The molecule has 0 saturated carbocycles. The van der Waals surface area contributed by atoms with Gasteiger partial charge in [0.25, 0.3) is 0 Å². The van der Waals surface area contributed by atoms with Crippen molar-refractivity contribution in [2.75, 3.05) is 0 Å². The summed E-state index contributed by atoms with van der Waals surface area (Å²) in [5.41, 5.74) is 0. The fourth-order valence-electron chi connectivity index (χ4n) is 0.730. The van der Waals surface area contributed by atoms with Crippen LogP contribution in [0.1, 0.15) is 6.92 Å². The molecule has 0 aliphatic rings. The molecule has 1 aromatic rings. The number of halogens is 6. The normalized spacial score (nSPS) is 13.4. The van der Waals surface area contributed by atoms with Crippen molar-refractivity contribution in [2.24, 2.45) is 0 Å². The molecular formula is C9H9F6NO3S. The first-order chi connectivity index (χ1) is 8.75. The molecule has 0 atom stereocenters. The van der Waals surface area contributed by atoms with E-state index in [0.717, 1.165) is 0 Å². The van der Waals surface area contributed by atoms with Crippen LogP contribution in [0.5, 0.6) is 0 Å². The molecule has 0 aliphatic heterocycles. The van der Waals surface area contributed by atoms with Gasteiger partial charge in [-0.1, -0.05) is 6.07 Å². The molecule has 0 saturated heterocycles. The minimum atomic E-state index is -6.61. The van der Waals surface area contributed by atoms with E-state index >= 15 is 0 Å². The van der Waals surface area contributed by atoms with Crippen LogP contribution in [0.15, 0.2) is 30.6 Å². The Kier molecular flexibility index (Phi) is 5.55. The number of hydrogen-bond donors (Lipinski definition) is 1. The summed E-state index contributed by atoms with van der Waals surface area (Å²) in [5, 5.41) is -6.24. The van der Waals surface area contributed by atoms with Crippen LogP contribution >= 0.6 is 0 Å². The molecule has 0 spiro atoms. The maximum atomic E-state index is 12.2. The Labute approximate surface area is 110 Å². The first-order valence-corrected chi connectivity index (χ1v) is 6.14. The van der Waals surface area contributed by atoms with Gasteiger partial charge in [-0.25, -0.2) is 0 Å². The van der Waals surface area contributed by atoms with Crippen LogP contribution in [-0.2, 0) is 10.1 Å². The van der Waals surface area contributed by atoms with Crippen molar-refractivity contribution in [2.45, 2.75) is 24.0 Å². The average Bonchev–Trinajstić information content (AvgIpc) is 2.29. The maximum Gasteiger partial charge on any atom is 0.437 e. The van der Waals surface area contributed by atoms with Crippen molar-refractivity contribution in [1.82, 2.24) is 4.98 Å². The third-order valence-electron chi connectivity index (χ3n) is 1.81. The van der Waals surface area contributed by atoms with E-state index in [9.17, 15) is 34.8 Å². The standard InChI is InChI=1S/C5H5N.C4H4F6O3S/c1-2-4-6-5-3-1;1-2(5,6)3(7,8)4(9,10)14(11,12)13/h1-5H;1H3,(H,11,12,13). The van der Waals surface area contributed by atoms with Gasteiger partial charge in [-0.05, 0) is 12.1 Å². The smallest absolute Gasteiger partial charge is 0.281 e. The van der Waals surface area contributed by atoms with E-state index in [1.807, 2.05) is 18.2 Å². The molecule has 1 N–H and O–H groups in total. The highest BCUT2D eigenvalue weighted by atomic mass is 32.2. The van der Waals surface area contributed by atoms with Crippen LogP contribution in [0.3, 0.4) is 0 Å². The van der Waals surface area contributed by atoms with Crippen molar-refractivity contribution in [3.8, 4) is 0 Å². The Morgan fingerprint density at radius 1 is 0.950 bits per heavy atom. The zero-order chi connectivity index (χ0) is 16.2. The third kappa shape index (κ3) is 4.07. The molecule has 0 aromatic carbocycles. The Balaban J connectivity index is 0.000000493. The number of alkyl halides is 6. The lowest BCUT2D eigenvalue weighted by atomic mass is 10.2. The van der Waals surface area contributed by atoms with Crippen LogP contribution < -0.4 is 0 Å². The van der Waals surface area contributed by atoms with Crippen molar-refractivity contribution in [3.63, 3.8) is 0 Å². The molecule has 4 nitrogen and oxygen atoms in total. The molecule has 0 fully saturated rings. The number of rotatable bonds is 3. The second kappa shape index (κ2) is 5.95. The lowest BCUT2D eigenvalue weighted by Gasteiger charge is -2.28. The lowest BCUT2D eigenvalue weighted by molar-refractivity contribution is -0.273.